The summed E-state index contributed by atoms with van der Waals surface area (Å²) < 4.78 is 5.46. The minimum Gasteiger partial charge on any atom is -0.430 e. The first-order valence-corrected chi connectivity index (χ1v) is 5.63. The molecule has 0 saturated heterocycles. The molecule has 0 bridgehead atoms. The van der Waals surface area contributed by atoms with Crippen molar-refractivity contribution in [2.45, 2.75) is 13.8 Å². The predicted octanol–water partition coefficient (Wildman–Crippen LogP) is 2.98. The number of anilines is 1. The molecule has 2 aromatic rings. The molecule has 1 heterocycles. The van der Waals surface area contributed by atoms with Crippen molar-refractivity contribution >= 4 is 11.4 Å². The van der Waals surface area contributed by atoms with Crippen molar-refractivity contribution in [3.05, 3.63) is 51.7 Å². The number of benzene rings is 1. The van der Waals surface area contributed by atoms with Crippen molar-refractivity contribution in [3.8, 4) is 11.6 Å². The molecule has 98 valence electrons. The lowest BCUT2D eigenvalue weighted by molar-refractivity contribution is -0.385. The zero-order valence-corrected chi connectivity index (χ0v) is 10.6. The van der Waals surface area contributed by atoms with E-state index in [1.165, 1.54) is 12.1 Å². The van der Waals surface area contributed by atoms with Crippen LogP contribution in [-0.2, 0) is 0 Å². The van der Waals surface area contributed by atoms with Gasteiger partial charge in [-0.3, -0.25) is 10.1 Å². The molecule has 1 aromatic heterocycles. The van der Waals surface area contributed by atoms with E-state index in [-0.39, 0.29) is 17.3 Å². The Hall–Kier alpha value is -2.63. The molecule has 1 aromatic carbocycles. The fourth-order valence-corrected chi connectivity index (χ4v) is 1.59. The van der Waals surface area contributed by atoms with E-state index in [0.717, 1.165) is 11.1 Å². The highest BCUT2D eigenvalue weighted by molar-refractivity contribution is 5.57. The molecule has 0 unspecified atom stereocenters. The maximum atomic E-state index is 11.0. The first kappa shape index (κ1) is 12.8. The number of ether oxygens (including phenoxy) is 1. The fraction of sp³-hybridized carbons (Fsp3) is 0.154. The normalized spacial score (nSPS) is 10.2. The van der Waals surface area contributed by atoms with Gasteiger partial charge in [-0.05, 0) is 37.1 Å². The fourth-order valence-electron chi connectivity index (χ4n) is 1.59. The molecule has 0 radical (unpaired) electrons. The van der Waals surface area contributed by atoms with E-state index in [9.17, 15) is 10.1 Å². The molecule has 19 heavy (non-hydrogen) atoms. The van der Waals surface area contributed by atoms with Gasteiger partial charge < -0.3 is 10.5 Å². The summed E-state index contributed by atoms with van der Waals surface area (Å²) in [5.41, 5.74) is 7.68. The van der Waals surface area contributed by atoms with Gasteiger partial charge in [0.25, 0.3) is 0 Å². The Labute approximate surface area is 110 Å². The molecule has 0 aliphatic carbocycles. The summed E-state index contributed by atoms with van der Waals surface area (Å²) in [5, 5.41) is 11.0. The Bertz CT molecular complexity index is 641. The zero-order chi connectivity index (χ0) is 14.0. The molecule has 6 nitrogen and oxygen atoms in total. The van der Waals surface area contributed by atoms with Crippen LogP contribution in [0.25, 0.3) is 0 Å². The van der Waals surface area contributed by atoms with Crippen molar-refractivity contribution in [1.29, 1.82) is 0 Å². The van der Waals surface area contributed by atoms with Crippen molar-refractivity contribution in [2.75, 3.05) is 5.73 Å². The van der Waals surface area contributed by atoms with Gasteiger partial charge in [0.1, 0.15) is 0 Å². The van der Waals surface area contributed by atoms with Crippen LogP contribution >= 0.6 is 0 Å². The molecule has 0 aliphatic rings. The summed E-state index contributed by atoms with van der Waals surface area (Å²) in [6.45, 7) is 3.59. The van der Waals surface area contributed by atoms with Gasteiger partial charge in [-0.15, -0.1) is 0 Å². The Morgan fingerprint density at radius 1 is 1.32 bits per heavy atom. The van der Waals surface area contributed by atoms with Crippen molar-refractivity contribution in [1.82, 2.24) is 4.98 Å². The van der Waals surface area contributed by atoms with Gasteiger partial charge in [0, 0.05) is 12.3 Å². The van der Waals surface area contributed by atoms with Crippen LogP contribution in [0.15, 0.2) is 30.5 Å². The topological polar surface area (TPSA) is 91.3 Å². The third-order valence-electron chi connectivity index (χ3n) is 2.69. The highest BCUT2D eigenvalue weighted by atomic mass is 16.6. The number of rotatable bonds is 3. The number of nitro groups is 1. The lowest BCUT2D eigenvalue weighted by Crippen LogP contribution is -1.99. The maximum Gasteiger partial charge on any atom is 0.311 e. The first-order chi connectivity index (χ1) is 8.99. The summed E-state index contributed by atoms with van der Waals surface area (Å²) in [5.74, 6) is 0.298. The molecular formula is C13H13N3O3. The van der Waals surface area contributed by atoms with Crippen LogP contribution in [0.4, 0.5) is 11.4 Å². The number of aromatic nitrogens is 1. The van der Waals surface area contributed by atoms with Crippen LogP contribution in [-0.4, -0.2) is 9.91 Å². The monoisotopic (exact) mass is 259 g/mol. The molecule has 0 aliphatic heterocycles. The Balaban J connectivity index is 2.44. The quantitative estimate of drug-likeness (QED) is 0.675. The molecule has 0 saturated carbocycles. The molecule has 2 N–H and O–H groups in total. The van der Waals surface area contributed by atoms with Gasteiger partial charge in [0.05, 0.1) is 10.6 Å². The van der Waals surface area contributed by atoms with Crippen LogP contribution in [0, 0.1) is 24.0 Å². The average Bonchev–Trinajstić information content (AvgIpc) is 2.36. The van der Waals surface area contributed by atoms with E-state index in [4.69, 9.17) is 10.5 Å². The largest absolute Gasteiger partial charge is 0.430 e. The van der Waals surface area contributed by atoms with Crippen molar-refractivity contribution in [2.24, 2.45) is 0 Å². The summed E-state index contributed by atoms with van der Waals surface area (Å²) in [7, 11) is 0. The SMILES string of the molecule is Cc1ccc(Oc2nccc(C)c2N)c([N+](=O)[O-])c1. The van der Waals surface area contributed by atoms with Gasteiger partial charge in [0.15, 0.2) is 0 Å². The number of hydrogen-bond donors (Lipinski definition) is 1. The van der Waals surface area contributed by atoms with E-state index in [2.05, 4.69) is 4.98 Å². The molecular weight excluding hydrogens is 246 g/mol. The number of nitrogen functional groups attached to an aromatic ring is 1. The third kappa shape index (κ3) is 2.62. The van der Waals surface area contributed by atoms with Crippen LogP contribution < -0.4 is 10.5 Å². The number of nitrogens with two attached hydrogens (primary N) is 1. The molecule has 0 amide bonds. The third-order valence-corrected chi connectivity index (χ3v) is 2.69. The molecule has 0 atom stereocenters. The number of nitrogens with zero attached hydrogens (tertiary/aromatic N) is 2. The standard InChI is InChI=1S/C13H13N3O3/c1-8-3-4-11(10(7-8)16(17)18)19-13-12(14)9(2)5-6-15-13/h3-7H,14H2,1-2H3. The van der Waals surface area contributed by atoms with Crippen molar-refractivity contribution < 1.29 is 9.66 Å². The minimum atomic E-state index is -0.492. The summed E-state index contributed by atoms with van der Waals surface area (Å²) in [6.07, 6.45) is 1.54. The Morgan fingerprint density at radius 3 is 2.74 bits per heavy atom. The van der Waals surface area contributed by atoms with Gasteiger partial charge >= 0.3 is 5.69 Å². The second-order valence-electron chi connectivity index (χ2n) is 4.18. The van der Waals surface area contributed by atoms with Gasteiger partial charge in [-0.1, -0.05) is 6.07 Å². The van der Waals surface area contributed by atoms with Crippen LogP contribution in [0.2, 0.25) is 0 Å². The highest BCUT2D eigenvalue weighted by Gasteiger charge is 2.17. The second-order valence-corrected chi connectivity index (χ2v) is 4.18. The van der Waals surface area contributed by atoms with Gasteiger partial charge in [-0.25, -0.2) is 4.98 Å². The van der Waals surface area contributed by atoms with Crippen molar-refractivity contribution in [3.63, 3.8) is 0 Å². The summed E-state index contributed by atoms with van der Waals surface area (Å²) in [6, 6.07) is 6.46. The van der Waals surface area contributed by atoms with Crippen LogP contribution in [0.5, 0.6) is 11.6 Å². The number of aryl methyl sites for hydroxylation is 2. The van der Waals surface area contributed by atoms with Gasteiger partial charge in [0.2, 0.25) is 11.6 Å². The lowest BCUT2D eigenvalue weighted by Gasteiger charge is -2.09. The summed E-state index contributed by atoms with van der Waals surface area (Å²) in [4.78, 5) is 14.5. The van der Waals surface area contributed by atoms with E-state index in [0.29, 0.717) is 5.69 Å². The zero-order valence-electron chi connectivity index (χ0n) is 10.6. The second kappa shape index (κ2) is 4.93. The molecule has 0 spiro atoms. The average molecular weight is 259 g/mol. The summed E-state index contributed by atoms with van der Waals surface area (Å²) >= 11 is 0. The maximum absolute atomic E-state index is 11.0. The number of nitro benzene ring substituents is 1. The molecule has 6 heteroatoms. The number of pyridine rings is 1. The van der Waals surface area contributed by atoms with E-state index < -0.39 is 4.92 Å². The highest BCUT2D eigenvalue weighted by Crippen LogP contribution is 2.34. The number of hydrogen-bond acceptors (Lipinski definition) is 5. The molecule has 0 fully saturated rings. The van der Waals surface area contributed by atoms with Crippen LogP contribution in [0.1, 0.15) is 11.1 Å². The Morgan fingerprint density at radius 2 is 2.05 bits per heavy atom. The minimum absolute atomic E-state index is 0.109. The predicted molar refractivity (Wildman–Crippen MR) is 71.3 cm³/mol. The van der Waals surface area contributed by atoms with E-state index in [1.807, 2.05) is 6.92 Å². The van der Waals surface area contributed by atoms with Crippen LogP contribution in [0.3, 0.4) is 0 Å². The van der Waals surface area contributed by atoms with E-state index >= 15 is 0 Å². The van der Waals surface area contributed by atoms with E-state index in [1.54, 1.807) is 25.3 Å². The smallest absolute Gasteiger partial charge is 0.311 e. The lowest BCUT2D eigenvalue weighted by atomic mass is 10.2. The van der Waals surface area contributed by atoms with Gasteiger partial charge in [-0.2, -0.15) is 0 Å². The first-order valence-electron chi connectivity index (χ1n) is 5.63. The Kier molecular flexibility index (Phi) is 3.33. The molecule has 2 rings (SSSR count).